The van der Waals surface area contributed by atoms with Crippen LogP contribution in [0.3, 0.4) is 0 Å². The molecule has 36 heavy (non-hydrogen) atoms. The lowest BCUT2D eigenvalue weighted by molar-refractivity contribution is -0.140. The number of anilines is 1. The van der Waals surface area contributed by atoms with Crippen molar-refractivity contribution in [1.29, 1.82) is 0 Å². The third-order valence-electron chi connectivity index (χ3n) is 5.61. The van der Waals surface area contributed by atoms with Crippen LogP contribution in [0.5, 0.6) is 0 Å². The van der Waals surface area contributed by atoms with Gasteiger partial charge in [0.05, 0.1) is 29.0 Å². The van der Waals surface area contributed by atoms with Gasteiger partial charge in [-0.15, -0.1) is 0 Å². The molecule has 4 rings (SSSR count). The number of hydrogen-bond donors (Lipinski definition) is 2. The van der Waals surface area contributed by atoms with E-state index in [2.05, 4.69) is 15.4 Å². The van der Waals surface area contributed by atoms with Crippen LogP contribution >= 0.6 is 0 Å². The summed E-state index contributed by atoms with van der Waals surface area (Å²) >= 11 is 0. The smallest absolute Gasteiger partial charge is 0.364 e. The number of hydrogen-bond acceptors (Lipinski definition) is 4. The molecule has 0 aliphatic rings. The number of amides is 2. The van der Waals surface area contributed by atoms with Gasteiger partial charge in [-0.2, -0.15) is 18.3 Å². The van der Waals surface area contributed by atoms with Crippen LogP contribution in [0.15, 0.2) is 42.5 Å². The van der Waals surface area contributed by atoms with Gasteiger partial charge in [0, 0.05) is 11.5 Å². The SMILES string of the molecule is Cc1cc(F)ccc1Cn1nc(C(F)(F)F)c(NC(=O)c2cc(C(N)=O)nc3cc(F)ccc23)c1C. The molecule has 2 aromatic heterocycles. The molecule has 0 atom stereocenters. The Kier molecular flexibility index (Phi) is 6.21. The van der Waals surface area contributed by atoms with Crippen LogP contribution in [0, 0.1) is 25.5 Å². The molecule has 7 nitrogen and oxygen atoms in total. The van der Waals surface area contributed by atoms with Gasteiger partial charge in [-0.3, -0.25) is 14.3 Å². The first kappa shape index (κ1) is 24.8. The van der Waals surface area contributed by atoms with E-state index in [0.29, 0.717) is 11.1 Å². The molecular formula is C24H18F5N5O2. The van der Waals surface area contributed by atoms with Crippen molar-refractivity contribution >= 4 is 28.4 Å². The standard InChI is InChI=1S/C24H18F5N5O2/c1-11-7-14(25)4-3-13(11)10-34-12(2)20(21(33-34)24(27,28)29)32-23(36)17-9-19(22(30)35)31-18-8-15(26)5-6-16(17)18/h3-9H,10H2,1-2H3,(H2,30,35)(H,32,36). The van der Waals surface area contributed by atoms with E-state index < -0.39 is 41.0 Å². The maximum absolute atomic E-state index is 13.8. The zero-order chi connectivity index (χ0) is 26.4. The van der Waals surface area contributed by atoms with Crippen LogP contribution in [0.2, 0.25) is 0 Å². The summed E-state index contributed by atoms with van der Waals surface area (Å²) in [7, 11) is 0. The van der Waals surface area contributed by atoms with E-state index in [1.165, 1.54) is 31.2 Å². The molecule has 0 aliphatic carbocycles. The number of nitrogens with two attached hydrogens (primary N) is 1. The minimum Gasteiger partial charge on any atom is -0.364 e. The minimum atomic E-state index is -4.92. The lowest BCUT2D eigenvalue weighted by atomic mass is 10.1. The summed E-state index contributed by atoms with van der Waals surface area (Å²) < 4.78 is 69.7. The molecule has 0 bridgehead atoms. The Balaban J connectivity index is 1.79. The summed E-state index contributed by atoms with van der Waals surface area (Å²) in [5.74, 6) is -3.21. The fraction of sp³-hybridized carbons (Fsp3) is 0.167. The number of nitrogens with zero attached hydrogens (tertiary/aromatic N) is 3. The molecule has 2 heterocycles. The molecule has 4 aromatic rings. The van der Waals surface area contributed by atoms with E-state index in [4.69, 9.17) is 5.73 Å². The summed E-state index contributed by atoms with van der Waals surface area (Å²) in [5, 5.41) is 5.98. The van der Waals surface area contributed by atoms with Crippen LogP contribution in [-0.4, -0.2) is 26.6 Å². The normalized spacial score (nSPS) is 11.6. The highest BCUT2D eigenvalue weighted by Gasteiger charge is 2.39. The Morgan fingerprint density at radius 1 is 1.03 bits per heavy atom. The number of halogens is 5. The van der Waals surface area contributed by atoms with Crippen molar-refractivity contribution in [2.75, 3.05) is 5.32 Å². The maximum atomic E-state index is 13.8. The molecule has 2 amide bonds. The molecule has 0 spiro atoms. The summed E-state index contributed by atoms with van der Waals surface area (Å²) in [6, 6.07) is 8.11. The average molecular weight is 503 g/mol. The second-order valence-corrected chi connectivity index (χ2v) is 8.07. The van der Waals surface area contributed by atoms with Crippen molar-refractivity contribution in [3.05, 3.63) is 87.9 Å². The highest BCUT2D eigenvalue weighted by molar-refractivity contribution is 6.14. The first-order chi connectivity index (χ1) is 16.8. The largest absolute Gasteiger partial charge is 0.437 e. The maximum Gasteiger partial charge on any atom is 0.437 e. The lowest BCUT2D eigenvalue weighted by Gasteiger charge is -2.12. The molecule has 0 unspecified atom stereocenters. The van der Waals surface area contributed by atoms with Crippen LogP contribution < -0.4 is 11.1 Å². The lowest BCUT2D eigenvalue weighted by Crippen LogP contribution is -2.19. The monoisotopic (exact) mass is 503 g/mol. The molecule has 0 fully saturated rings. The van der Waals surface area contributed by atoms with Crippen LogP contribution in [0.25, 0.3) is 10.9 Å². The fourth-order valence-electron chi connectivity index (χ4n) is 3.74. The van der Waals surface area contributed by atoms with Crippen molar-refractivity contribution in [3.8, 4) is 0 Å². The van der Waals surface area contributed by atoms with Crippen LogP contribution in [-0.2, 0) is 12.7 Å². The van der Waals surface area contributed by atoms with Crippen LogP contribution in [0.1, 0.15) is 43.4 Å². The predicted molar refractivity (Wildman–Crippen MR) is 120 cm³/mol. The zero-order valence-electron chi connectivity index (χ0n) is 18.9. The first-order valence-electron chi connectivity index (χ1n) is 10.5. The number of pyridine rings is 1. The predicted octanol–water partition coefficient (Wildman–Crippen LogP) is 4.74. The molecule has 0 saturated carbocycles. The Bertz CT molecular complexity index is 1530. The van der Waals surface area contributed by atoms with E-state index in [-0.39, 0.29) is 34.4 Å². The van der Waals surface area contributed by atoms with Gasteiger partial charge in [0.15, 0.2) is 5.69 Å². The summed E-state index contributed by atoms with van der Waals surface area (Å²) in [6.45, 7) is 2.84. The Morgan fingerprint density at radius 2 is 1.69 bits per heavy atom. The van der Waals surface area contributed by atoms with E-state index >= 15 is 0 Å². The molecule has 186 valence electrons. The topological polar surface area (TPSA) is 103 Å². The number of carbonyl (C=O) groups is 2. The molecule has 0 aliphatic heterocycles. The fourth-order valence-corrected chi connectivity index (χ4v) is 3.74. The van der Waals surface area contributed by atoms with Crippen molar-refractivity contribution in [2.45, 2.75) is 26.6 Å². The van der Waals surface area contributed by atoms with Crippen molar-refractivity contribution in [2.24, 2.45) is 5.73 Å². The van der Waals surface area contributed by atoms with E-state index in [9.17, 15) is 31.5 Å². The highest BCUT2D eigenvalue weighted by atomic mass is 19.4. The Morgan fingerprint density at radius 3 is 2.33 bits per heavy atom. The quantitative estimate of drug-likeness (QED) is 0.384. The number of carbonyl (C=O) groups excluding carboxylic acids is 2. The number of nitrogens with one attached hydrogen (secondary N) is 1. The second kappa shape index (κ2) is 9.02. The van der Waals surface area contributed by atoms with Gasteiger partial charge in [0.1, 0.15) is 17.3 Å². The molecule has 12 heteroatoms. The van der Waals surface area contributed by atoms with E-state index in [0.717, 1.165) is 22.9 Å². The third kappa shape index (κ3) is 4.74. The van der Waals surface area contributed by atoms with E-state index in [1.54, 1.807) is 6.92 Å². The van der Waals surface area contributed by atoms with Crippen LogP contribution in [0.4, 0.5) is 27.6 Å². The number of alkyl halides is 3. The van der Waals surface area contributed by atoms with Gasteiger partial charge in [-0.1, -0.05) is 6.07 Å². The zero-order valence-corrected chi connectivity index (χ0v) is 18.9. The van der Waals surface area contributed by atoms with Gasteiger partial charge >= 0.3 is 6.18 Å². The Hall–Kier alpha value is -4.35. The molecular weight excluding hydrogens is 485 g/mol. The van der Waals surface area contributed by atoms with Crippen molar-refractivity contribution < 1.29 is 31.5 Å². The minimum absolute atomic E-state index is 0.0149. The third-order valence-corrected chi connectivity index (χ3v) is 5.61. The van der Waals surface area contributed by atoms with Gasteiger partial charge in [-0.25, -0.2) is 13.8 Å². The van der Waals surface area contributed by atoms with E-state index in [1.807, 2.05) is 0 Å². The number of benzene rings is 2. The molecule has 2 aromatic carbocycles. The summed E-state index contributed by atoms with van der Waals surface area (Å²) in [4.78, 5) is 28.7. The molecule has 0 radical (unpaired) electrons. The average Bonchev–Trinajstić information content (AvgIpc) is 3.10. The molecule has 0 saturated heterocycles. The second-order valence-electron chi connectivity index (χ2n) is 8.07. The van der Waals surface area contributed by atoms with Crippen molar-refractivity contribution in [3.63, 3.8) is 0 Å². The van der Waals surface area contributed by atoms with Gasteiger partial charge in [0.2, 0.25) is 0 Å². The van der Waals surface area contributed by atoms with Crippen molar-refractivity contribution in [1.82, 2.24) is 14.8 Å². The summed E-state index contributed by atoms with van der Waals surface area (Å²) in [5.41, 5.74) is 3.67. The number of primary amides is 1. The van der Waals surface area contributed by atoms with Gasteiger partial charge in [-0.05, 0) is 55.3 Å². The number of rotatable bonds is 5. The van der Waals surface area contributed by atoms with Gasteiger partial charge in [0.25, 0.3) is 11.8 Å². The number of aryl methyl sites for hydroxylation is 1. The number of fused-ring (bicyclic) bond motifs is 1. The Labute approximate surface area is 200 Å². The summed E-state index contributed by atoms with van der Waals surface area (Å²) in [6.07, 6.45) is -4.92. The number of aromatic nitrogens is 3. The molecule has 3 N–H and O–H groups in total. The first-order valence-corrected chi connectivity index (χ1v) is 10.5. The highest BCUT2D eigenvalue weighted by Crippen LogP contribution is 2.36. The van der Waals surface area contributed by atoms with Gasteiger partial charge < -0.3 is 11.1 Å².